The van der Waals surface area contributed by atoms with Crippen molar-refractivity contribution in [2.75, 3.05) is 27.2 Å². The first-order valence-electron chi connectivity index (χ1n) is 30.6. The Kier molecular flexibility index (Phi) is 20.0. The molecule has 10 atom stereocenters. The highest BCUT2D eigenvalue weighted by molar-refractivity contribution is 5.95. The normalized spacial score (nSPS) is 27.7. The van der Waals surface area contributed by atoms with Gasteiger partial charge in [-0.3, -0.25) is 38.4 Å². The number of rotatable bonds is 18. The molecule has 2 aromatic carbocycles. The number of carbonyl (C=O) groups is 8. The third-order valence-corrected chi connectivity index (χ3v) is 19.3. The minimum atomic E-state index is -0.860. The molecule has 18 heteroatoms. The molecule has 80 heavy (non-hydrogen) atoms. The molecule has 2 aliphatic heterocycles. The van der Waals surface area contributed by atoms with Crippen molar-refractivity contribution >= 4 is 47.3 Å². The van der Waals surface area contributed by atoms with E-state index in [0.29, 0.717) is 25.7 Å². The zero-order valence-electron chi connectivity index (χ0n) is 47.8. The summed E-state index contributed by atoms with van der Waals surface area (Å²) in [5, 5.41) is 25.2. The van der Waals surface area contributed by atoms with Crippen LogP contribution in [0.1, 0.15) is 177 Å². The van der Waals surface area contributed by atoms with Gasteiger partial charge in [0.2, 0.25) is 47.3 Å². The molecule has 2 saturated heterocycles. The van der Waals surface area contributed by atoms with E-state index in [4.69, 9.17) is 0 Å². The first-order chi connectivity index (χ1) is 38.7. The highest BCUT2D eigenvalue weighted by Crippen LogP contribution is 2.36. The SMILES string of the molecule is CN[C@@H](C)C(=O)N[C@H](C(=O)N1C[C@@H](NC(=O)C2CCC(C(=O)N[C@H]3C[C@@H](C(=O)N[C@@H]4CCCc5ccccc54)N(C(=O)[C@@H](NC(=O)[C@H](C)NC)C4CCCCC4)C3)CC2)C[C@H]1C(=O)N[C@@H]1CCCc2ccccc21)C1CCCCC1. The minimum Gasteiger partial charge on any atom is -0.351 e. The molecule has 2 heterocycles. The second kappa shape index (κ2) is 27.3. The van der Waals surface area contributed by atoms with E-state index in [1.165, 1.54) is 11.1 Å². The Morgan fingerprint density at radius 1 is 0.450 bits per heavy atom. The summed E-state index contributed by atoms with van der Waals surface area (Å²) in [6.45, 7) is 3.75. The zero-order chi connectivity index (χ0) is 56.5. The molecule has 3 saturated carbocycles. The third kappa shape index (κ3) is 13.9. The van der Waals surface area contributed by atoms with Gasteiger partial charge in [0.25, 0.3) is 0 Å². The van der Waals surface area contributed by atoms with Crippen LogP contribution in [0.15, 0.2) is 48.5 Å². The van der Waals surface area contributed by atoms with Crippen LogP contribution in [-0.2, 0) is 51.2 Å². The van der Waals surface area contributed by atoms with E-state index in [9.17, 15) is 38.4 Å². The number of hydrogen-bond acceptors (Lipinski definition) is 10. The van der Waals surface area contributed by atoms with Gasteiger partial charge in [0.1, 0.15) is 24.2 Å². The summed E-state index contributed by atoms with van der Waals surface area (Å²) in [5.41, 5.74) is 4.57. The zero-order valence-corrected chi connectivity index (χ0v) is 47.8. The summed E-state index contributed by atoms with van der Waals surface area (Å²) in [4.78, 5) is 118. The van der Waals surface area contributed by atoms with Crippen molar-refractivity contribution in [2.24, 2.45) is 23.7 Å². The van der Waals surface area contributed by atoms with Gasteiger partial charge in [0.05, 0.1) is 24.2 Å². The van der Waals surface area contributed by atoms with Crippen molar-refractivity contribution in [3.63, 3.8) is 0 Å². The first-order valence-corrected chi connectivity index (χ1v) is 30.6. The van der Waals surface area contributed by atoms with E-state index < -0.39 is 48.3 Å². The van der Waals surface area contributed by atoms with E-state index in [-0.39, 0.29) is 109 Å². The molecule has 0 aromatic heterocycles. The topological polar surface area (TPSA) is 239 Å². The Morgan fingerprint density at radius 3 is 1.20 bits per heavy atom. The van der Waals surface area contributed by atoms with Crippen LogP contribution in [-0.4, -0.2) is 133 Å². The molecule has 7 aliphatic rings. The summed E-state index contributed by atoms with van der Waals surface area (Å²) in [6, 6.07) is 10.5. The maximum absolute atomic E-state index is 14.9. The molecule has 18 nitrogen and oxygen atoms in total. The molecule has 436 valence electrons. The predicted octanol–water partition coefficient (Wildman–Crippen LogP) is 4.70. The van der Waals surface area contributed by atoms with Gasteiger partial charge in [-0.05, 0) is 165 Å². The molecular weight excluding hydrogens is 1010 g/mol. The van der Waals surface area contributed by atoms with Gasteiger partial charge in [-0.15, -0.1) is 0 Å². The highest BCUT2D eigenvalue weighted by Gasteiger charge is 2.48. The summed E-state index contributed by atoms with van der Waals surface area (Å²) in [6.07, 6.45) is 16.7. The summed E-state index contributed by atoms with van der Waals surface area (Å²) >= 11 is 0. The van der Waals surface area contributed by atoms with E-state index in [1.807, 2.05) is 24.3 Å². The summed E-state index contributed by atoms with van der Waals surface area (Å²) < 4.78 is 0. The van der Waals surface area contributed by atoms with Crippen LogP contribution in [0.3, 0.4) is 0 Å². The van der Waals surface area contributed by atoms with Gasteiger partial charge in [-0.25, -0.2) is 0 Å². The molecule has 0 radical (unpaired) electrons. The Morgan fingerprint density at radius 2 is 0.825 bits per heavy atom. The van der Waals surface area contributed by atoms with Crippen molar-refractivity contribution in [3.8, 4) is 0 Å². The van der Waals surface area contributed by atoms with Crippen LogP contribution in [0.5, 0.6) is 0 Å². The molecular formula is C62H90N10O8. The number of amides is 8. The lowest BCUT2D eigenvalue weighted by molar-refractivity contribution is -0.143. The maximum atomic E-state index is 14.9. The number of nitrogens with zero attached hydrogens (tertiary/aromatic N) is 2. The molecule has 8 N–H and O–H groups in total. The summed E-state index contributed by atoms with van der Waals surface area (Å²) in [7, 11) is 3.41. The predicted molar refractivity (Wildman–Crippen MR) is 304 cm³/mol. The second-order valence-electron chi connectivity index (χ2n) is 24.5. The first kappa shape index (κ1) is 58.8. The van der Waals surface area contributed by atoms with Crippen molar-refractivity contribution in [3.05, 3.63) is 70.8 Å². The van der Waals surface area contributed by atoms with Gasteiger partial charge in [-0.2, -0.15) is 0 Å². The Labute approximate surface area is 473 Å². The van der Waals surface area contributed by atoms with Crippen LogP contribution in [0.2, 0.25) is 0 Å². The lowest BCUT2D eigenvalue weighted by Crippen LogP contribution is -2.58. The third-order valence-electron chi connectivity index (χ3n) is 19.3. The average Bonchev–Trinajstić information content (AvgIpc) is 4.12. The van der Waals surface area contributed by atoms with Crippen LogP contribution in [0.4, 0.5) is 0 Å². The van der Waals surface area contributed by atoms with Crippen molar-refractivity contribution < 1.29 is 38.4 Å². The van der Waals surface area contributed by atoms with Crippen LogP contribution in [0.25, 0.3) is 0 Å². The van der Waals surface area contributed by atoms with Crippen LogP contribution in [0, 0.1) is 23.7 Å². The Balaban J connectivity index is 0.855. The number of benzene rings is 2. The molecule has 0 unspecified atom stereocenters. The average molecular weight is 1100 g/mol. The second-order valence-corrected chi connectivity index (χ2v) is 24.5. The molecule has 0 spiro atoms. The number of likely N-dealkylation sites (tertiary alicyclic amines) is 2. The molecule has 2 aromatic rings. The lowest BCUT2D eigenvalue weighted by Gasteiger charge is -2.35. The van der Waals surface area contributed by atoms with Gasteiger partial charge >= 0.3 is 0 Å². The molecule has 9 rings (SSSR count). The lowest BCUT2D eigenvalue weighted by atomic mass is 9.81. The fourth-order valence-electron chi connectivity index (χ4n) is 14.3. The highest BCUT2D eigenvalue weighted by atomic mass is 16.2. The molecule has 5 fully saturated rings. The van der Waals surface area contributed by atoms with Gasteiger partial charge in [0.15, 0.2) is 0 Å². The molecule has 8 amide bonds. The Bertz CT molecular complexity index is 2370. The number of carbonyl (C=O) groups excluding carboxylic acids is 8. The standard InChI is InChI=1S/C62H90N10O8/c1-37(63-3)55(73)69-53(41-19-7-5-8-20-41)61(79)71-35-45(33-51(71)59(77)67-49-27-15-23-39-17-11-13-25-47(39)49)65-57(75)43-29-31-44(32-30-43)58(76)66-46-34-52(60(78)68-50-28-16-24-40-18-12-14-26-48(40)50)72(36-46)62(80)54(42-21-9-6-10-22-42)70-56(74)38(2)64-4/h11-14,17-18,25-26,37-38,41-46,49-54,63-64H,5-10,15-16,19-24,27-36H2,1-4H3,(H,65,75)(H,66,76)(H,67,77)(H,68,78)(H,69,73)(H,70,74)/t37-,38-,43?,44?,45-,46-,49+,50+,51-,52-,53-,54-/m0/s1. The number of nitrogens with one attached hydrogen (secondary N) is 8. The largest absolute Gasteiger partial charge is 0.351 e. The van der Waals surface area contributed by atoms with Crippen molar-refractivity contribution in [2.45, 2.75) is 216 Å². The van der Waals surface area contributed by atoms with Crippen molar-refractivity contribution in [1.82, 2.24) is 52.3 Å². The molecule has 0 bridgehead atoms. The van der Waals surface area contributed by atoms with E-state index in [0.717, 1.165) is 114 Å². The summed E-state index contributed by atoms with van der Waals surface area (Å²) in [5.74, 6) is -2.98. The number of fused-ring (bicyclic) bond motifs is 2. The monoisotopic (exact) mass is 1100 g/mol. The van der Waals surface area contributed by atoms with Gasteiger partial charge in [0, 0.05) is 37.0 Å². The molecule has 5 aliphatic carbocycles. The minimum absolute atomic E-state index is 0.0784. The maximum Gasteiger partial charge on any atom is 0.246 e. The van der Waals surface area contributed by atoms with Crippen LogP contribution < -0.4 is 42.5 Å². The van der Waals surface area contributed by atoms with Crippen molar-refractivity contribution in [1.29, 1.82) is 0 Å². The van der Waals surface area contributed by atoms with Crippen LogP contribution >= 0.6 is 0 Å². The van der Waals surface area contributed by atoms with E-state index >= 15 is 0 Å². The van der Waals surface area contributed by atoms with E-state index in [2.05, 4.69) is 66.8 Å². The number of aryl methyl sites for hydroxylation is 2. The number of likely N-dealkylation sites (N-methyl/N-ethyl adjacent to an activating group) is 2. The van der Waals surface area contributed by atoms with Gasteiger partial charge < -0.3 is 52.3 Å². The number of hydrogen-bond donors (Lipinski definition) is 8. The fraction of sp³-hybridized carbons (Fsp3) is 0.677. The van der Waals surface area contributed by atoms with E-state index in [1.54, 1.807) is 37.7 Å². The smallest absolute Gasteiger partial charge is 0.246 e. The quantitative estimate of drug-likeness (QED) is 0.102. The van der Waals surface area contributed by atoms with Gasteiger partial charge in [-0.1, -0.05) is 87.1 Å². The fourth-order valence-corrected chi connectivity index (χ4v) is 14.3. The Hall–Kier alpha value is -5.88.